The maximum Gasteiger partial charge on any atom is 0.0672 e. The molecule has 0 aliphatic carbocycles. The molecule has 0 bridgehead atoms. The van der Waals surface area contributed by atoms with E-state index in [1.54, 1.807) is 6.20 Å². The van der Waals surface area contributed by atoms with Gasteiger partial charge in [0.2, 0.25) is 0 Å². The van der Waals surface area contributed by atoms with E-state index >= 15 is 0 Å². The van der Waals surface area contributed by atoms with Gasteiger partial charge in [0.25, 0.3) is 0 Å². The van der Waals surface area contributed by atoms with Crippen molar-refractivity contribution in [1.29, 1.82) is 0 Å². The van der Waals surface area contributed by atoms with E-state index in [9.17, 15) is 0 Å². The SMILES string of the molecule is Nc1cc2cn[nH]c2cc1NCCN1CCCC1. The van der Waals surface area contributed by atoms with Crippen molar-refractivity contribution in [3.8, 4) is 0 Å². The fourth-order valence-electron chi connectivity index (χ4n) is 2.52. The number of fused-ring (bicyclic) bond motifs is 1. The Balaban J connectivity index is 1.64. The smallest absolute Gasteiger partial charge is 0.0672 e. The molecule has 0 unspecified atom stereocenters. The van der Waals surface area contributed by atoms with Gasteiger partial charge < -0.3 is 16.0 Å². The molecule has 96 valence electrons. The summed E-state index contributed by atoms with van der Waals surface area (Å²) in [5, 5.41) is 11.4. The molecule has 4 N–H and O–H groups in total. The van der Waals surface area contributed by atoms with Gasteiger partial charge in [0.15, 0.2) is 0 Å². The van der Waals surface area contributed by atoms with Crippen LogP contribution in [-0.4, -0.2) is 41.3 Å². The number of nitrogen functional groups attached to an aromatic ring is 1. The summed E-state index contributed by atoms with van der Waals surface area (Å²) in [4.78, 5) is 2.48. The second kappa shape index (κ2) is 4.86. The van der Waals surface area contributed by atoms with Gasteiger partial charge in [-0.05, 0) is 38.1 Å². The van der Waals surface area contributed by atoms with Crippen LogP contribution in [0.4, 0.5) is 11.4 Å². The van der Waals surface area contributed by atoms with Crippen LogP contribution in [0.5, 0.6) is 0 Å². The summed E-state index contributed by atoms with van der Waals surface area (Å²) in [6.07, 6.45) is 4.46. The number of nitrogens with zero attached hydrogens (tertiary/aromatic N) is 2. The molecule has 0 amide bonds. The van der Waals surface area contributed by atoms with Gasteiger partial charge in [-0.2, -0.15) is 5.10 Å². The lowest BCUT2D eigenvalue weighted by molar-refractivity contribution is 0.353. The molecule has 2 heterocycles. The average molecular weight is 245 g/mol. The second-order valence-electron chi connectivity index (χ2n) is 4.87. The lowest BCUT2D eigenvalue weighted by Crippen LogP contribution is -2.26. The number of rotatable bonds is 4. The molecule has 0 radical (unpaired) electrons. The van der Waals surface area contributed by atoms with Crippen LogP contribution in [0.25, 0.3) is 10.9 Å². The van der Waals surface area contributed by atoms with Gasteiger partial charge in [-0.3, -0.25) is 5.10 Å². The van der Waals surface area contributed by atoms with E-state index in [4.69, 9.17) is 5.73 Å². The third kappa shape index (κ3) is 2.26. The Morgan fingerprint density at radius 1 is 1.33 bits per heavy atom. The molecule has 2 aromatic rings. The monoisotopic (exact) mass is 245 g/mol. The number of hydrogen-bond donors (Lipinski definition) is 3. The Kier molecular flexibility index (Phi) is 3.06. The zero-order chi connectivity index (χ0) is 12.4. The summed E-state index contributed by atoms with van der Waals surface area (Å²) in [7, 11) is 0. The number of H-pyrrole nitrogens is 1. The normalized spacial score (nSPS) is 16.4. The summed E-state index contributed by atoms with van der Waals surface area (Å²) in [5.41, 5.74) is 8.82. The van der Waals surface area contributed by atoms with Crippen molar-refractivity contribution in [3.05, 3.63) is 18.3 Å². The van der Waals surface area contributed by atoms with E-state index in [2.05, 4.69) is 20.4 Å². The minimum atomic E-state index is 0.783. The molecule has 5 nitrogen and oxygen atoms in total. The topological polar surface area (TPSA) is 70.0 Å². The molecule has 1 aliphatic rings. The number of aromatic nitrogens is 2. The summed E-state index contributed by atoms with van der Waals surface area (Å²) in [6, 6.07) is 3.98. The predicted octanol–water partition coefficient (Wildman–Crippen LogP) is 1.65. The number of nitrogens with two attached hydrogens (primary N) is 1. The first-order chi connectivity index (χ1) is 8.83. The zero-order valence-electron chi connectivity index (χ0n) is 10.4. The lowest BCUT2D eigenvalue weighted by Gasteiger charge is -2.16. The molecule has 1 fully saturated rings. The van der Waals surface area contributed by atoms with Crippen molar-refractivity contribution >= 4 is 22.3 Å². The summed E-state index contributed by atoms with van der Waals surface area (Å²) in [6.45, 7) is 4.48. The van der Waals surface area contributed by atoms with Crippen molar-refractivity contribution in [2.45, 2.75) is 12.8 Å². The highest BCUT2D eigenvalue weighted by molar-refractivity contribution is 5.88. The van der Waals surface area contributed by atoms with Gasteiger partial charge in [-0.25, -0.2) is 0 Å². The predicted molar refractivity (Wildman–Crippen MR) is 74.7 cm³/mol. The number of hydrogen-bond acceptors (Lipinski definition) is 4. The number of nitrogens with one attached hydrogen (secondary N) is 2. The molecule has 1 aliphatic heterocycles. The first kappa shape index (κ1) is 11.3. The minimum Gasteiger partial charge on any atom is -0.397 e. The molecule has 18 heavy (non-hydrogen) atoms. The van der Waals surface area contributed by atoms with Crippen LogP contribution in [0.3, 0.4) is 0 Å². The largest absolute Gasteiger partial charge is 0.397 e. The van der Waals surface area contributed by atoms with Gasteiger partial charge in [0.1, 0.15) is 0 Å². The van der Waals surface area contributed by atoms with Crippen LogP contribution in [0.2, 0.25) is 0 Å². The summed E-state index contributed by atoms with van der Waals surface area (Å²) >= 11 is 0. The third-order valence-corrected chi connectivity index (χ3v) is 3.55. The van der Waals surface area contributed by atoms with Gasteiger partial charge in [-0.15, -0.1) is 0 Å². The molecule has 3 rings (SSSR count). The maximum atomic E-state index is 6.02. The fraction of sp³-hybridized carbons (Fsp3) is 0.462. The number of anilines is 2. The average Bonchev–Trinajstić information content (AvgIpc) is 3.00. The number of aromatic amines is 1. The van der Waals surface area contributed by atoms with Gasteiger partial charge in [0.05, 0.1) is 23.1 Å². The summed E-state index contributed by atoms with van der Waals surface area (Å²) in [5.74, 6) is 0. The highest BCUT2D eigenvalue weighted by atomic mass is 15.2. The Labute approximate surface area is 106 Å². The molecule has 0 saturated carbocycles. The van der Waals surface area contributed by atoms with Crippen LogP contribution in [0.15, 0.2) is 18.3 Å². The quantitative estimate of drug-likeness (QED) is 0.716. The highest BCUT2D eigenvalue weighted by Crippen LogP contribution is 2.24. The van der Waals surface area contributed by atoms with Gasteiger partial charge in [0, 0.05) is 18.5 Å². The van der Waals surface area contributed by atoms with Crippen LogP contribution in [0, 0.1) is 0 Å². The number of benzene rings is 1. The van der Waals surface area contributed by atoms with Crippen LogP contribution in [0.1, 0.15) is 12.8 Å². The van der Waals surface area contributed by atoms with Crippen molar-refractivity contribution in [2.75, 3.05) is 37.2 Å². The van der Waals surface area contributed by atoms with E-state index in [0.717, 1.165) is 35.4 Å². The standard InChI is InChI=1S/C13H19N5/c14-11-7-10-9-16-17-12(10)8-13(11)15-3-6-18-4-1-2-5-18/h7-9,15H,1-6,14H2,(H,16,17). The van der Waals surface area contributed by atoms with E-state index in [0.29, 0.717) is 0 Å². The zero-order valence-corrected chi connectivity index (χ0v) is 10.4. The lowest BCUT2D eigenvalue weighted by atomic mass is 10.2. The highest BCUT2D eigenvalue weighted by Gasteiger charge is 2.10. The molecular formula is C13H19N5. The molecule has 0 spiro atoms. The van der Waals surface area contributed by atoms with Crippen LogP contribution < -0.4 is 11.1 Å². The number of likely N-dealkylation sites (tertiary alicyclic amines) is 1. The first-order valence-corrected chi connectivity index (χ1v) is 6.52. The van der Waals surface area contributed by atoms with E-state index in [1.165, 1.54) is 25.9 Å². The van der Waals surface area contributed by atoms with Crippen LogP contribution >= 0.6 is 0 Å². The minimum absolute atomic E-state index is 0.783. The molecule has 0 atom stereocenters. The van der Waals surface area contributed by atoms with Crippen LogP contribution in [-0.2, 0) is 0 Å². The first-order valence-electron chi connectivity index (χ1n) is 6.52. The Morgan fingerprint density at radius 3 is 3.00 bits per heavy atom. The second-order valence-corrected chi connectivity index (χ2v) is 4.87. The van der Waals surface area contributed by atoms with E-state index < -0.39 is 0 Å². The van der Waals surface area contributed by atoms with Gasteiger partial charge in [-0.1, -0.05) is 0 Å². The van der Waals surface area contributed by atoms with Crippen molar-refractivity contribution in [3.63, 3.8) is 0 Å². The van der Waals surface area contributed by atoms with Crippen molar-refractivity contribution in [1.82, 2.24) is 15.1 Å². The van der Waals surface area contributed by atoms with Crippen molar-refractivity contribution < 1.29 is 0 Å². The maximum absolute atomic E-state index is 6.02. The Morgan fingerprint density at radius 2 is 2.17 bits per heavy atom. The van der Waals surface area contributed by atoms with E-state index in [-0.39, 0.29) is 0 Å². The molecule has 1 saturated heterocycles. The Hall–Kier alpha value is -1.75. The van der Waals surface area contributed by atoms with E-state index in [1.807, 2.05) is 12.1 Å². The molecule has 1 aromatic carbocycles. The van der Waals surface area contributed by atoms with Gasteiger partial charge >= 0.3 is 0 Å². The van der Waals surface area contributed by atoms with Crippen molar-refractivity contribution in [2.24, 2.45) is 0 Å². The molecule has 5 heteroatoms. The fourth-order valence-corrected chi connectivity index (χ4v) is 2.52. The molecular weight excluding hydrogens is 226 g/mol. The Bertz CT molecular complexity index is 527. The summed E-state index contributed by atoms with van der Waals surface area (Å²) < 4.78 is 0. The molecule has 1 aromatic heterocycles. The third-order valence-electron chi connectivity index (χ3n) is 3.55.